The third-order valence-corrected chi connectivity index (χ3v) is 3.57. The zero-order valence-electron chi connectivity index (χ0n) is 11.0. The van der Waals surface area contributed by atoms with E-state index >= 15 is 0 Å². The third kappa shape index (κ3) is 2.10. The van der Waals surface area contributed by atoms with Crippen molar-refractivity contribution in [1.82, 2.24) is 0 Å². The Bertz CT molecular complexity index is 742. The number of phenols is 1. The average Bonchev–Trinajstić information content (AvgIpc) is 2.90. The molecule has 0 fully saturated rings. The molecular weight excluding hydrogens is 272 g/mol. The molecule has 0 saturated carbocycles. The van der Waals surface area contributed by atoms with Crippen molar-refractivity contribution in [2.24, 2.45) is 0 Å². The molecule has 1 N–H and O–H groups in total. The number of carbonyl (C=O) groups excluding carboxylic acids is 1. The molecule has 1 amide bonds. The topological polar surface area (TPSA) is 83.7 Å². The van der Waals surface area contributed by atoms with Crippen molar-refractivity contribution < 1.29 is 14.8 Å². The Morgan fingerprint density at radius 3 is 2.71 bits per heavy atom. The standard InChI is InChI=1S/C15H12N2O4/c18-14-11(5-3-7-13(14)17(20)21)15(19)16-9-8-10-4-1-2-6-12(10)16/h1-7,18H,8-9H2. The van der Waals surface area contributed by atoms with Gasteiger partial charge in [0.25, 0.3) is 5.91 Å². The van der Waals surface area contributed by atoms with Crippen LogP contribution in [0.2, 0.25) is 0 Å². The summed E-state index contributed by atoms with van der Waals surface area (Å²) >= 11 is 0. The molecule has 106 valence electrons. The van der Waals surface area contributed by atoms with Crippen molar-refractivity contribution in [3.8, 4) is 5.75 Å². The Balaban J connectivity index is 2.01. The molecule has 21 heavy (non-hydrogen) atoms. The summed E-state index contributed by atoms with van der Waals surface area (Å²) in [6.45, 7) is 0.500. The number of carbonyl (C=O) groups is 1. The number of aromatic hydroxyl groups is 1. The smallest absolute Gasteiger partial charge is 0.311 e. The van der Waals surface area contributed by atoms with Crippen LogP contribution in [0.15, 0.2) is 42.5 Å². The molecule has 0 radical (unpaired) electrons. The quantitative estimate of drug-likeness (QED) is 0.678. The lowest BCUT2D eigenvalue weighted by Crippen LogP contribution is -2.29. The van der Waals surface area contributed by atoms with Crippen LogP contribution in [0.25, 0.3) is 0 Å². The highest BCUT2D eigenvalue weighted by atomic mass is 16.6. The number of hydrogen-bond donors (Lipinski definition) is 1. The fourth-order valence-electron chi connectivity index (χ4n) is 2.55. The predicted octanol–water partition coefficient (Wildman–Crippen LogP) is 2.50. The lowest BCUT2D eigenvalue weighted by Gasteiger charge is -2.17. The van der Waals surface area contributed by atoms with Crippen molar-refractivity contribution in [3.05, 3.63) is 63.7 Å². The van der Waals surface area contributed by atoms with E-state index in [1.54, 1.807) is 0 Å². The number of nitro benzene ring substituents is 1. The number of benzene rings is 2. The summed E-state index contributed by atoms with van der Waals surface area (Å²) in [4.78, 5) is 24.2. The van der Waals surface area contributed by atoms with E-state index in [1.165, 1.54) is 23.1 Å². The fraction of sp³-hybridized carbons (Fsp3) is 0.133. The predicted molar refractivity (Wildman–Crippen MR) is 76.6 cm³/mol. The molecule has 2 aromatic rings. The number of hydrogen-bond acceptors (Lipinski definition) is 4. The minimum atomic E-state index is -0.704. The van der Waals surface area contributed by atoms with Gasteiger partial charge in [-0.1, -0.05) is 24.3 Å². The molecule has 0 bridgehead atoms. The second-order valence-electron chi connectivity index (χ2n) is 4.77. The summed E-state index contributed by atoms with van der Waals surface area (Å²) in [5, 5.41) is 20.8. The van der Waals surface area contributed by atoms with Gasteiger partial charge >= 0.3 is 5.69 Å². The molecule has 0 aromatic heterocycles. The molecule has 3 rings (SSSR count). The van der Waals surface area contributed by atoms with Crippen LogP contribution >= 0.6 is 0 Å². The van der Waals surface area contributed by atoms with Gasteiger partial charge in [0.1, 0.15) is 0 Å². The SMILES string of the molecule is O=C(c1cccc([N+](=O)[O-])c1O)N1CCc2ccccc21. The summed E-state index contributed by atoms with van der Waals surface area (Å²) in [6.07, 6.45) is 0.734. The number of anilines is 1. The van der Waals surface area contributed by atoms with Gasteiger partial charge < -0.3 is 10.0 Å². The van der Waals surface area contributed by atoms with Crippen LogP contribution in [0.4, 0.5) is 11.4 Å². The number of para-hydroxylation sites is 2. The van der Waals surface area contributed by atoms with E-state index in [9.17, 15) is 20.0 Å². The van der Waals surface area contributed by atoms with Crippen molar-refractivity contribution in [2.45, 2.75) is 6.42 Å². The zero-order valence-corrected chi connectivity index (χ0v) is 11.0. The molecule has 6 nitrogen and oxygen atoms in total. The van der Waals surface area contributed by atoms with Gasteiger partial charge in [-0.2, -0.15) is 0 Å². The average molecular weight is 284 g/mol. The summed E-state index contributed by atoms with van der Waals surface area (Å²) in [5.74, 6) is -1.02. The van der Waals surface area contributed by atoms with Crippen LogP contribution in [-0.2, 0) is 6.42 Å². The number of phenolic OH excluding ortho intramolecular Hbond substituents is 1. The summed E-state index contributed by atoms with van der Waals surface area (Å²) in [7, 11) is 0. The first kappa shape index (κ1) is 13.1. The number of fused-ring (bicyclic) bond motifs is 1. The Morgan fingerprint density at radius 1 is 1.19 bits per heavy atom. The third-order valence-electron chi connectivity index (χ3n) is 3.57. The molecule has 0 spiro atoms. The van der Waals surface area contributed by atoms with Gasteiger partial charge in [-0.25, -0.2) is 0 Å². The van der Waals surface area contributed by atoms with Crippen LogP contribution in [0.1, 0.15) is 15.9 Å². The Hall–Kier alpha value is -2.89. The van der Waals surface area contributed by atoms with Crippen LogP contribution in [0.5, 0.6) is 5.75 Å². The van der Waals surface area contributed by atoms with Crippen LogP contribution in [0, 0.1) is 10.1 Å². The molecule has 6 heteroatoms. The van der Waals surface area contributed by atoms with Crippen LogP contribution in [-0.4, -0.2) is 22.5 Å². The van der Waals surface area contributed by atoms with E-state index < -0.39 is 22.3 Å². The molecular formula is C15H12N2O4. The maximum atomic E-state index is 12.5. The Labute approximate surface area is 120 Å². The maximum absolute atomic E-state index is 12.5. The maximum Gasteiger partial charge on any atom is 0.311 e. The summed E-state index contributed by atoms with van der Waals surface area (Å²) in [6, 6.07) is 11.5. The van der Waals surface area contributed by atoms with Crippen LogP contribution < -0.4 is 4.90 Å². The van der Waals surface area contributed by atoms with E-state index in [-0.39, 0.29) is 5.56 Å². The fourth-order valence-corrected chi connectivity index (χ4v) is 2.55. The van der Waals surface area contributed by atoms with Crippen molar-refractivity contribution in [1.29, 1.82) is 0 Å². The van der Waals surface area contributed by atoms with E-state index in [0.717, 1.165) is 17.7 Å². The summed E-state index contributed by atoms with van der Waals surface area (Å²) in [5.41, 5.74) is 1.32. The lowest BCUT2D eigenvalue weighted by atomic mass is 10.1. The van der Waals surface area contributed by atoms with Gasteiger partial charge in [-0.15, -0.1) is 0 Å². The van der Waals surface area contributed by atoms with Crippen molar-refractivity contribution in [2.75, 3.05) is 11.4 Å². The molecule has 0 atom stereocenters. The normalized spacial score (nSPS) is 13.0. The molecule has 1 aliphatic rings. The van der Waals surface area contributed by atoms with Crippen molar-refractivity contribution in [3.63, 3.8) is 0 Å². The minimum Gasteiger partial charge on any atom is -0.502 e. The Kier molecular flexibility index (Phi) is 3.06. The van der Waals surface area contributed by atoms with E-state index in [2.05, 4.69) is 0 Å². The molecule has 1 heterocycles. The van der Waals surface area contributed by atoms with Gasteiger partial charge in [-0.3, -0.25) is 14.9 Å². The molecule has 0 unspecified atom stereocenters. The molecule has 2 aromatic carbocycles. The second-order valence-corrected chi connectivity index (χ2v) is 4.77. The van der Waals surface area contributed by atoms with Gasteiger partial charge in [0.15, 0.2) is 0 Å². The number of nitro groups is 1. The highest BCUT2D eigenvalue weighted by Gasteiger charge is 2.29. The minimum absolute atomic E-state index is 0.0547. The highest BCUT2D eigenvalue weighted by molar-refractivity contribution is 6.09. The number of nitrogens with zero attached hydrogens (tertiary/aromatic N) is 2. The number of rotatable bonds is 2. The van der Waals surface area contributed by atoms with Gasteiger partial charge in [-0.05, 0) is 24.1 Å². The lowest BCUT2D eigenvalue weighted by molar-refractivity contribution is -0.385. The summed E-state index contributed by atoms with van der Waals surface area (Å²) < 4.78 is 0. The zero-order chi connectivity index (χ0) is 15.0. The highest BCUT2D eigenvalue weighted by Crippen LogP contribution is 2.34. The molecule has 0 saturated heterocycles. The molecule has 0 aliphatic carbocycles. The number of amides is 1. The van der Waals surface area contributed by atoms with Gasteiger partial charge in [0, 0.05) is 18.3 Å². The second kappa shape index (κ2) is 4.90. The Morgan fingerprint density at radius 2 is 1.95 bits per heavy atom. The largest absolute Gasteiger partial charge is 0.502 e. The molecule has 1 aliphatic heterocycles. The van der Waals surface area contributed by atoms with E-state index in [4.69, 9.17) is 0 Å². The first-order valence-electron chi connectivity index (χ1n) is 6.45. The van der Waals surface area contributed by atoms with Gasteiger partial charge in [0.2, 0.25) is 5.75 Å². The van der Waals surface area contributed by atoms with E-state index in [1.807, 2.05) is 24.3 Å². The monoisotopic (exact) mass is 284 g/mol. The van der Waals surface area contributed by atoms with Crippen LogP contribution in [0.3, 0.4) is 0 Å². The first-order chi connectivity index (χ1) is 10.1. The van der Waals surface area contributed by atoms with Crippen molar-refractivity contribution >= 4 is 17.3 Å². The van der Waals surface area contributed by atoms with E-state index in [0.29, 0.717) is 6.54 Å². The first-order valence-corrected chi connectivity index (χ1v) is 6.45. The van der Waals surface area contributed by atoms with Gasteiger partial charge in [0.05, 0.1) is 10.5 Å².